The third-order valence-corrected chi connectivity index (χ3v) is 3.54. The Morgan fingerprint density at radius 2 is 2.06 bits per heavy atom. The molecule has 94 valence electrons. The average Bonchev–Trinajstić information content (AvgIpc) is 2.79. The molecule has 1 aliphatic heterocycles. The van der Waals surface area contributed by atoms with E-state index in [1.807, 2.05) is 0 Å². The van der Waals surface area contributed by atoms with Crippen molar-refractivity contribution in [2.75, 3.05) is 31.1 Å². The maximum absolute atomic E-state index is 3.53. The molecule has 17 heavy (non-hydrogen) atoms. The maximum atomic E-state index is 3.53. The number of benzene rings is 1. The summed E-state index contributed by atoms with van der Waals surface area (Å²) >= 11 is 0. The Morgan fingerprint density at radius 3 is 2.76 bits per heavy atom. The minimum atomic E-state index is 0.822. The molecule has 1 heterocycles. The first-order valence-electron chi connectivity index (χ1n) is 6.82. The number of hydrogen-bond donors (Lipinski definition) is 1. The van der Waals surface area contributed by atoms with Crippen LogP contribution in [0.1, 0.15) is 25.3 Å². The van der Waals surface area contributed by atoms with E-state index in [-0.39, 0.29) is 0 Å². The largest absolute Gasteiger partial charge is 0.371 e. The lowest BCUT2D eigenvalue weighted by Gasteiger charge is -2.19. The summed E-state index contributed by atoms with van der Waals surface area (Å²) in [6, 6.07) is 8.91. The SMILES string of the molecule is CCCNCC1CCN(c2ccc(C)cc2)C1. The molecule has 1 unspecified atom stereocenters. The zero-order valence-corrected chi connectivity index (χ0v) is 11.1. The molecule has 1 saturated heterocycles. The molecule has 1 aromatic rings. The summed E-state index contributed by atoms with van der Waals surface area (Å²) in [5, 5.41) is 3.53. The molecule has 1 atom stereocenters. The van der Waals surface area contributed by atoms with Gasteiger partial charge in [-0.15, -0.1) is 0 Å². The van der Waals surface area contributed by atoms with Crippen LogP contribution in [0.2, 0.25) is 0 Å². The standard InChI is InChI=1S/C15H24N2/c1-3-9-16-11-14-8-10-17(12-14)15-6-4-13(2)5-7-15/h4-7,14,16H,3,8-12H2,1-2H3. The molecule has 0 saturated carbocycles. The van der Waals surface area contributed by atoms with Crippen LogP contribution < -0.4 is 10.2 Å². The molecule has 0 spiro atoms. The van der Waals surface area contributed by atoms with Crippen LogP contribution in [0.3, 0.4) is 0 Å². The molecule has 2 nitrogen and oxygen atoms in total. The highest BCUT2D eigenvalue weighted by atomic mass is 15.2. The van der Waals surface area contributed by atoms with Gasteiger partial charge in [-0.3, -0.25) is 0 Å². The van der Waals surface area contributed by atoms with Gasteiger partial charge in [0.15, 0.2) is 0 Å². The van der Waals surface area contributed by atoms with Crippen LogP contribution in [0.25, 0.3) is 0 Å². The molecule has 1 fully saturated rings. The van der Waals surface area contributed by atoms with Gasteiger partial charge in [-0.05, 0) is 50.9 Å². The van der Waals surface area contributed by atoms with E-state index in [0.29, 0.717) is 0 Å². The van der Waals surface area contributed by atoms with Crippen LogP contribution in [0.15, 0.2) is 24.3 Å². The lowest BCUT2D eigenvalue weighted by Crippen LogP contribution is -2.26. The second-order valence-corrected chi connectivity index (χ2v) is 5.14. The highest BCUT2D eigenvalue weighted by Gasteiger charge is 2.21. The van der Waals surface area contributed by atoms with E-state index in [1.54, 1.807) is 0 Å². The third-order valence-electron chi connectivity index (χ3n) is 3.54. The van der Waals surface area contributed by atoms with Gasteiger partial charge in [0, 0.05) is 18.8 Å². The summed E-state index contributed by atoms with van der Waals surface area (Å²) in [7, 11) is 0. The van der Waals surface area contributed by atoms with Gasteiger partial charge >= 0.3 is 0 Å². The average molecular weight is 232 g/mol. The van der Waals surface area contributed by atoms with Crippen LogP contribution >= 0.6 is 0 Å². The van der Waals surface area contributed by atoms with E-state index in [9.17, 15) is 0 Å². The first-order valence-corrected chi connectivity index (χ1v) is 6.82. The molecular formula is C15H24N2. The Labute approximate surface area is 105 Å². The molecular weight excluding hydrogens is 208 g/mol. The predicted octanol–water partition coefficient (Wildman–Crippen LogP) is 2.82. The number of rotatable bonds is 5. The number of aryl methyl sites for hydroxylation is 1. The fraction of sp³-hybridized carbons (Fsp3) is 0.600. The zero-order valence-electron chi connectivity index (χ0n) is 11.1. The smallest absolute Gasteiger partial charge is 0.0366 e. The summed E-state index contributed by atoms with van der Waals surface area (Å²) in [4.78, 5) is 2.51. The topological polar surface area (TPSA) is 15.3 Å². The van der Waals surface area contributed by atoms with Crippen molar-refractivity contribution in [2.24, 2.45) is 5.92 Å². The van der Waals surface area contributed by atoms with Gasteiger partial charge in [0.05, 0.1) is 0 Å². The highest BCUT2D eigenvalue weighted by molar-refractivity contribution is 5.48. The van der Waals surface area contributed by atoms with E-state index in [0.717, 1.165) is 12.5 Å². The molecule has 0 amide bonds. The number of anilines is 1. The molecule has 0 radical (unpaired) electrons. The van der Waals surface area contributed by atoms with Crippen molar-refractivity contribution in [1.82, 2.24) is 5.32 Å². The van der Waals surface area contributed by atoms with Gasteiger partial charge in [-0.1, -0.05) is 24.6 Å². The highest BCUT2D eigenvalue weighted by Crippen LogP contribution is 2.23. The first-order chi connectivity index (χ1) is 8.29. The quantitative estimate of drug-likeness (QED) is 0.785. The monoisotopic (exact) mass is 232 g/mol. The fourth-order valence-electron chi connectivity index (χ4n) is 2.47. The number of nitrogens with zero attached hydrogens (tertiary/aromatic N) is 1. The molecule has 1 N–H and O–H groups in total. The summed E-state index contributed by atoms with van der Waals surface area (Å²) < 4.78 is 0. The van der Waals surface area contributed by atoms with Gasteiger partial charge in [0.2, 0.25) is 0 Å². The van der Waals surface area contributed by atoms with Crippen molar-refractivity contribution in [1.29, 1.82) is 0 Å². The fourth-order valence-corrected chi connectivity index (χ4v) is 2.47. The first kappa shape index (κ1) is 12.4. The van der Waals surface area contributed by atoms with E-state index in [1.165, 1.54) is 43.7 Å². The second-order valence-electron chi connectivity index (χ2n) is 5.14. The molecule has 1 aliphatic rings. The zero-order chi connectivity index (χ0) is 12.1. The summed E-state index contributed by atoms with van der Waals surface area (Å²) in [5.41, 5.74) is 2.72. The summed E-state index contributed by atoms with van der Waals surface area (Å²) in [6.45, 7) is 9.12. The van der Waals surface area contributed by atoms with Crippen molar-refractivity contribution in [3.05, 3.63) is 29.8 Å². The molecule has 0 bridgehead atoms. The normalized spacial score (nSPS) is 19.9. The van der Waals surface area contributed by atoms with Crippen LogP contribution in [-0.2, 0) is 0 Å². The van der Waals surface area contributed by atoms with E-state index in [4.69, 9.17) is 0 Å². The molecule has 1 aromatic carbocycles. The van der Waals surface area contributed by atoms with Crippen molar-refractivity contribution in [3.63, 3.8) is 0 Å². The van der Waals surface area contributed by atoms with Crippen LogP contribution in [-0.4, -0.2) is 26.2 Å². The van der Waals surface area contributed by atoms with Gasteiger partial charge in [-0.25, -0.2) is 0 Å². The van der Waals surface area contributed by atoms with Crippen molar-refractivity contribution >= 4 is 5.69 Å². The van der Waals surface area contributed by atoms with Crippen LogP contribution in [0.4, 0.5) is 5.69 Å². The number of nitrogens with one attached hydrogen (secondary N) is 1. The minimum Gasteiger partial charge on any atom is -0.371 e. The van der Waals surface area contributed by atoms with E-state index >= 15 is 0 Å². The van der Waals surface area contributed by atoms with Gasteiger partial charge in [0.25, 0.3) is 0 Å². The Bertz CT molecular complexity index is 331. The summed E-state index contributed by atoms with van der Waals surface area (Å²) in [6.07, 6.45) is 2.55. The van der Waals surface area contributed by atoms with Crippen LogP contribution in [0, 0.1) is 12.8 Å². The Kier molecular flexibility index (Phi) is 4.43. The Morgan fingerprint density at radius 1 is 1.29 bits per heavy atom. The van der Waals surface area contributed by atoms with Gasteiger partial charge in [0.1, 0.15) is 0 Å². The lowest BCUT2D eigenvalue weighted by atomic mass is 10.1. The molecule has 2 rings (SSSR count). The van der Waals surface area contributed by atoms with E-state index in [2.05, 4.69) is 48.3 Å². The molecule has 2 heteroatoms. The predicted molar refractivity (Wildman–Crippen MR) is 74.7 cm³/mol. The van der Waals surface area contributed by atoms with Gasteiger partial charge in [-0.2, -0.15) is 0 Å². The van der Waals surface area contributed by atoms with Crippen molar-refractivity contribution in [2.45, 2.75) is 26.7 Å². The van der Waals surface area contributed by atoms with E-state index < -0.39 is 0 Å². The van der Waals surface area contributed by atoms with Crippen molar-refractivity contribution < 1.29 is 0 Å². The lowest BCUT2D eigenvalue weighted by molar-refractivity contribution is 0.516. The number of hydrogen-bond acceptors (Lipinski definition) is 2. The third kappa shape index (κ3) is 3.47. The van der Waals surface area contributed by atoms with Crippen molar-refractivity contribution in [3.8, 4) is 0 Å². The van der Waals surface area contributed by atoms with Crippen LogP contribution in [0.5, 0.6) is 0 Å². The Hall–Kier alpha value is -1.02. The molecule has 0 aromatic heterocycles. The van der Waals surface area contributed by atoms with Gasteiger partial charge < -0.3 is 10.2 Å². The summed E-state index contributed by atoms with van der Waals surface area (Å²) in [5.74, 6) is 0.822. The minimum absolute atomic E-state index is 0.822. The maximum Gasteiger partial charge on any atom is 0.0366 e. The Balaban J connectivity index is 1.83. The molecule has 0 aliphatic carbocycles. The second kappa shape index (κ2) is 6.06.